The summed E-state index contributed by atoms with van der Waals surface area (Å²) in [6, 6.07) is 4.67. The monoisotopic (exact) mass is 250 g/mol. The minimum Gasteiger partial charge on any atom is -0.351 e. The molecule has 0 spiro atoms. The molecule has 17 heavy (non-hydrogen) atoms. The third-order valence-corrected chi connectivity index (χ3v) is 4.55. The predicted molar refractivity (Wildman–Crippen MR) is 69.4 cm³/mol. The molecule has 2 aliphatic rings. The molecule has 0 unspecified atom stereocenters. The van der Waals surface area contributed by atoms with E-state index in [9.17, 15) is 4.79 Å². The van der Waals surface area contributed by atoms with E-state index in [1.54, 1.807) is 0 Å². The molecule has 2 fully saturated rings. The van der Waals surface area contributed by atoms with E-state index in [1.165, 1.54) is 43.7 Å². The second-order valence-electron chi connectivity index (χ2n) is 5.07. The maximum absolute atomic E-state index is 11.8. The summed E-state index contributed by atoms with van der Waals surface area (Å²) in [5.74, 6) is 0.740. The zero-order valence-corrected chi connectivity index (χ0v) is 10.7. The molecule has 1 aromatic heterocycles. The lowest BCUT2D eigenvalue weighted by Gasteiger charge is -2.14. The van der Waals surface area contributed by atoms with Gasteiger partial charge < -0.3 is 10.2 Å². The SMILES string of the molecule is O=C(NC[C@H]1CCN(C2CC2)C1)c1cccs1. The fourth-order valence-electron chi connectivity index (χ4n) is 2.53. The first kappa shape index (κ1) is 11.2. The van der Waals surface area contributed by atoms with E-state index in [-0.39, 0.29) is 5.91 Å². The minimum absolute atomic E-state index is 0.0878. The molecular formula is C13H18N2OS. The van der Waals surface area contributed by atoms with Gasteiger partial charge >= 0.3 is 0 Å². The van der Waals surface area contributed by atoms with Crippen molar-refractivity contribution in [1.82, 2.24) is 10.2 Å². The van der Waals surface area contributed by atoms with Crippen molar-refractivity contribution in [2.75, 3.05) is 19.6 Å². The standard InChI is InChI=1S/C13H18N2OS/c16-13(12-2-1-7-17-12)14-8-10-5-6-15(9-10)11-3-4-11/h1-2,7,10-11H,3-6,8-9H2,(H,14,16)/t10-/m1/s1. The lowest BCUT2D eigenvalue weighted by molar-refractivity contribution is 0.0951. The highest BCUT2D eigenvalue weighted by atomic mass is 32.1. The number of amides is 1. The Hall–Kier alpha value is -0.870. The van der Waals surface area contributed by atoms with E-state index in [0.717, 1.165) is 17.5 Å². The third kappa shape index (κ3) is 2.69. The minimum atomic E-state index is 0.0878. The molecule has 0 radical (unpaired) electrons. The fraction of sp³-hybridized carbons (Fsp3) is 0.615. The van der Waals surface area contributed by atoms with Crippen molar-refractivity contribution in [3.63, 3.8) is 0 Å². The Morgan fingerprint density at radius 2 is 2.35 bits per heavy atom. The van der Waals surface area contributed by atoms with Gasteiger partial charge in [0, 0.05) is 19.1 Å². The van der Waals surface area contributed by atoms with E-state index >= 15 is 0 Å². The molecule has 2 heterocycles. The fourth-order valence-corrected chi connectivity index (χ4v) is 3.17. The lowest BCUT2D eigenvalue weighted by atomic mass is 10.1. The highest BCUT2D eigenvalue weighted by Gasteiger charge is 2.34. The Kier molecular flexibility index (Phi) is 3.16. The maximum Gasteiger partial charge on any atom is 0.261 e. The quantitative estimate of drug-likeness (QED) is 0.886. The zero-order valence-electron chi connectivity index (χ0n) is 9.89. The van der Waals surface area contributed by atoms with Gasteiger partial charge in [-0.1, -0.05) is 6.07 Å². The Labute approximate surface area is 106 Å². The molecule has 1 aliphatic carbocycles. The van der Waals surface area contributed by atoms with Crippen LogP contribution in [0.5, 0.6) is 0 Å². The first-order chi connectivity index (χ1) is 8.33. The number of carbonyl (C=O) groups excluding carboxylic acids is 1. The van der Waals surface area contributed by atoms with Crippen molar-refractivity contribution < 1.29 is 4.79 Å². The van der Waals surface area contributed by atoms with Crippen LogP contribution in [0.4, 0.5) is 0 Å². The normalized spacial score (nSPS) is 25.1. The smallest absolute Gasteiger partial charge is 0.261 e. The number of nitrogens with one attached hydrogen (secondary N) is 1. The molecule has 1 atom stereocenters. The molecule has 4 heteroatoms. The summed E-state index contributed by atoms with van der Waals surface area (Å²) in [6.45, 7) is 3.24. The number of likely N-dealkylation sites (tertiary alicyclic amines) is 1. The van der Waals surface area contributed by atoms with Crippen molar-refractivity contribution in [2.24, 2.45) is 5.92 Å². The van der Waals surface area contributed by atoms with E-state index in [0.29, 0.717) is 5.92 Å². The topological polar surface area (TPSA) is 32.3 Å². The van der Waals surface area contributed by atoms with Crippen LogP contribution >= 0.6 is 11.3 Å². The van der Waals surface area contributed by atoms with Crippen molar-refractivity contribution >= 4 is 17.2 Å². The van der Waals surface area contributed by atoms with Gasteiger partial charge in [0.2, 0.25) is 0 Å². The third-order valence-electron chi connectivity index (χ3n) is 3.68. The van der Waals surface area contributed by atoms with Gasteiger partial charge in [0.15, 0.2) is 0 Å². The molecule has 3 nitrogen and oxygen atoms in total. The summed E-state index contributed by atoms with van der Waals surface area (Å²) >= 11 is 1.51. The molecule has 1 N–H and O–H groups in total. The van der Waals surface area contributed by atoms with Gasteiger partial charge in [-0.15, -0.1) is 11.3 Å². The number of hydrogen-bond donors (Lipinski definition) is 1. The first-order valence-electron chi connectivity index (χ1n) is 6.38. The van der Waals surface area contributed by atoms with Crippen LogP contribution in [-0.2, 0) is 0 Å². The van der Waals surface area contributed by atoms with E-state index in [1.807, 2.05) is 17.5 Å². The Morgan fingerprint density at radius 1 is 1.47 bits per heavy atom. The predicted octanol–water partition coefficient (Wildman–Crippen LogP) is 1.96. The van der Waals surface area contributed by atoms with Gasteiger partial charge in [-0.3, -0.25) is 4.79 Å². The van der Waals surface area contributed by atoms with Gasteiger partial charge in [-0.25, -0.2) is 0 Å². The van der Waals surface area contributed by atoms with Crippen LogP contribution in [-0.4, -0.2) is 36.5 Å². The number of rotatable bonds is 4. The Balaban J connectivity index is 1.44. The number of carbonyl (C=O) groups is 1. The molecule has 0 bridgehead atoms. The molecule has 1 aliphatic heterocycles. The largest absolute Gasteiger partial charge is 0.351 e. The summed E-state index contributed by atoms with van der Waals surface area (Å²) in [5.41, 5.74) is 0. The van der Waals surface area contributed by atoms with Crippen LogP contribution in [0.25, 0.3) is 0 Å². The molecule has 1 saturated heterocycles. The summed E-state index contributed by atoms with van der Waals surface area (Å²) < 4.78 is 0. The highest BCUT2D eigenvalue weighted by Crippen LogP contribution is 2.31. The van der Waals surface area contributed by atoms with Gasteiger partial charge in [-0.2, -0.15) is 0 Å². The molecule has 92 valence electrons. The number of thiophene rings is 1. The summed E-state index contributed by atoms with van der Waals surface area (Å²) in [5, 5.41) is 5.00. The molecular weight excluding hydrogens is 232 g/mol. The van der Waals surface area contributed by atoms with Crippen LogP contribution in [0.1, 0.15) is 28.9 Å². The molecule has 1 saturated carbocycles. The Bertz CT molecular complexity index is 386. The summed E-state index contributed by atoms with van der Waals surface area (Å²) in [7, 11) is 0. The van der Waals surface area contributed by atoms with Gasteiger partial charge in [0.25, 0.3) is 5.91 Å². The van der Waals surface area contributed by atoms with Crippen molar-refractivity contribution in [1.29, 1.82) is 0 Å². The van der Waals surface area contributed by atoms with Crippen molar-refractivity contribution in [3.8, 4) is 0 Å². The van der Waals surface area contributed by atoms with Crippen molar-refractivity contribution in [2.45, 2.75) is 25.3 Å². The van der Waals surface area contributed by atoms with Gasteiger partial charge in [-0.05, 0) is 43.2 Å². The molecule has 1 amide bonds. The van der Waals surface area contributed by atoms with Crippen LogP contribution in [0, 0.1) is 5.92 Å². The summed E-state index contributed by atoms with van der Waals surface area (Å²) in [4.78, 5) is 15.2. The van der Waals surface area contributed by atoms with Crippen LogP contribution in [0.2, 0.25) is 0 Å². The number of hydrogen-bond acceptors (Lipinski definition) is 3. The van der Waals surface area contributed by atoms with Crippen LogP contribution < -0.4 is 5.32 Å². The molecule has 0 aromatic carbocycles. The van der Waals surface area contributed by atoms with Crippen LogP contribution in [0.3, 0.4) is 0 Å². The molecule has 1 aromatic rings. The second kappa shape index (κ2) is 4.78. The maximum atomic E-state index is 11.8. The second-order valence-corrected chi connectivity index (χ2v) is 6.02. The average molecular weight is 250 g/mol. The van der Waals surface area contributed by atoms with Gasteiger partial charge in [0.05, 0.1) is 4.88 Å². The number of nitrogens with zero attached hydrogens (tertiary/aromatic N) is 1. The van der Waals surface area contributed by atoms with Gasteiger partial charge in [0.1, 0.15) is 0 Å². The van der Waals surface area contributed by atoms with E-state index < -0.39 is 0 Å². The zero-order chi connectivity index (χ0) is 11.7. The Morgan fingerprint density at radius 3 is 3.06 bits per heavy atom. The first-order valence-corrected chi connectivity index (χ1v) is 7.26. The molecule has 3 rings (SSSR count). The highest BCUT2D eigenvalue weighted by molar-refractivity contribution is 7.12. The van der Waals surface area contributed by atoms with Crippen LogP contribution in [0.15, 0.2) is 17.5 Å². The van der Waals surface area contributed by atoms with E-state index in [2.05, 4.69) is 10.2 Å². The average Bonchev–Trinajstić information content (AvgIpc) is 2.88. The summed E-state index contributed by atoms with van der Waals surface area (Å²) in [6.07, 6.45) is 4.00. The van der Waals surface area contributed by atoms with E-state index in [4.69, 9.17) is 0 Å². The van der Waals surface area contributed by atoms with Crippen molar-refractivity contribution in [3.05, 3.63) is 22.4 Å². The lowest BCUT2D eigenvalue weighted by Crippen LogP contribution is -2.31.